The van der Waals surface area contributed by atoms with Crippen molar-refractivity contribution in [2.24, 2.45) is 11.8 Å². The van der Waals surface area contributed by atoms with Crippen LogP contribution in [0.2, 0.25) is 6.32 Å². The Morgan fingerprint density at radius 3 is 1.54 bits per heavy atom. The van der Waals surface area contributed by atoms with Crippen LogP contribution < -0.4 is 0 Å². The van der Waals surface area contributed by atoms with Crippen LogP contribution in [0.4, 0.5) is 0 Å². The lowest BCUT2D eigenvalue weighted by Crippen LogP contribution is -2.33. The summed E-state index contributed by atoms with van der Waals surface area (Å²) in [4.78, 5) is 0. The third-order valence-corrected chi connectivity index (χ3v) is 7.49. The van der Waals surface area contributed by atoms with Crippen molar-refractivity contribution in [2.45, 2.75) is 78.0 Å². The first-order valence-corrected chi connectivity index (χ1v) is 14.7. The van der Waals surface area contributed by atoms with Gasteiger partial charge in [-0.25, -0.2) is 0 Å². The number of allylic oxidation sites excluding steroid dienone is 1. The van der Waals surface area contributed by atoms with E-state index in [1.165, 1.54) is 5.57 Å². The average Bonchev–Trinajstić information content (AvgIpc) is 3.31. The molecule has 0 bridgehead atoms. The van der Waals surface area contributed by atoms with Crippen LogP contribution in [0.5, 0.6) is 0 Å². The molecule has 0 radical (unpaired) electrons. The van der Waals surface area contributed by atoms with Crippen molar-refractivity contribution in [3.05, 3.63) is 119 Å². The Kier molecular flexibility index (Phi) is 10.6. The number of hydrogen-bond acceptors (Lipinski definition) is 3. The quantitative estimate of drug-likeness (QED) is 0.127. The van der Waals surface area contributed by atoms with Gasteiger partial charge in [0, 0.05) is 6.32 Å². The van der Waals surface area contributed by atoms with Gasteiger partial charge in [-0.05, 0) is 54.7 Å². The number of benzene rings is 3. The Labute approximate surface area is 236 Å². The van der Waals surface area contributed by atoms with Crippen molar-refractivity contribution in [2.75, 3.05) is 6.61 Å². The average molecular weight is 525 g/mol. The molecule has 3 aromatic carbocycles. The molecule has 4 heteroatoms. The minimum Gasteiger partial charge on any atom is -0.405 e. The maximum atomic E-state index is 6.95. The minimum atomic E-state index is -0.685. The molecule has 206 valence electrons. The van der Waals surface area contributed by atoms with Gasteiger partial charge in [-0.1, -0.05) is 130 Å². The maximum absolute atomic E-state index is 6.95. The standard InChI is InChI=1S/C35H45BO3/c1-27(2)25-33-34(26-28(3)4)39-36(38-33)23-21-29(5)22-24-37-35(30-15-9-6-10-16-30,31-17-11-7-12-18-31)32-19-13-8-14-20-32/h6-21,27-28,33-34H,22-26H2,1-5H3/b29-21+/t33-,34-/m0/s1. The fraction of sp³-hybridized carbons (Fsp3) is 0.429. The highest BCUT2D eigenvalue weighted by Gasteiger charge is 2.39. The predicted octanol–water partition coefficient (Wildman–Crippen LogP) is 8.70. The second-order valence-corrected chi connectivity index (χ2v) is 11.7. The van der Waals surface area contributed by atoms with Crippen LogP contribution in [0.3, 0.4) is 0 Å². The van der Waals surface area contributed by atoms with Crippen molar-refractivity contribution in [1.29, 1.82) is 0 Å². The number of ether oxygens (including phenoxy) is 1. The molecule has 0 aromatic heterocycles. The van der Waals surface area contributed by atoms with E-state index in [1.807, 2.05) is 0 Å². The van der Waals surface area contributed by atoms with Crippen LogP contribution in [-0.2, 0) is 19.6 Å². The Bertz CT molecular complexity index is 1030. The Balaban J connectivity index is 1.47. The van der Waals surface area contributed by atoms with Gasteiger partial charge >= 0.3 is 7.12 Å². The zero-order chi connectivity index (χ0) is 27.7. The molecule has 0 amide bonds. The zero-order valence-corrected chi connectivity index (χ0v) is 24.4. The van der Waals surface area contributed by atoms with Crippen LogP contribution in [0, 0.1) is 11.8 Å². The summed E-state index contributed by atoms with van der Waals surface area (Å²) in [5.41, 5.74) is 3.99. The first-order chi connectivity index (χ1) is 18.9. The van der Waals surface area contributed by atoms with Crippen molar-refractivity contribution in [3.8, 4) is 0 Å². The molecule has 1 saturated heterocycles. The fourth-order valence-electron chi connectivity index (χ4n) is 5.59. The lowest BCUT2D eigenvalue weighted by atomic mass is 9.80. The van der Waals surface area contributed by atoms with Gasteiger partial charge in [-0.15, -0.1) is 0 Å². The van der Waals surface area contributed by atoms with Gasteiger partial charge in [-0.3, -0.25) is 0 Å². The first-order valence-electron chi connectivity index (χ1n) is 14.7. The molecule has 4 rings (SSSR count). The third-order valence-electron chi connectivity index (χ3n) is 7.49. The van der Waals surface area contributed by atoms with E-state index in [2.05, 4.69) is 132 Å². The maximum Gasteiger partial charge on any atom is 0.461 e. The van der Waals surface area contributed by atoms with E-state index in [0.717, 1.165) is 42.3 Å². The highest BCUT2D eigenvalue weighted by Crippen LogP contribution is 2.40. The normalized spacial score (nSPS) is 18.3. The summed E-state index contributed by atoms with van der Waals surface area (Å²) in [6.45, 7) is 11.8. The summed E-state index contributed by atoms with van der Waals surface area (Å²) in [6, 6.07) is 31.7. The third kappa shape index (κ3) is 7.72. The Morgan fingerprint density at radius 1 is 0.744 bits per heavy atom. The molecule has 0 aliphatic carbocycles. The van der Waals surface area contributed by atoms with Gasteiger partial charge in [-0.2, -0.15) is 0 Å². The number of hydrogen-bond donors (Lipinski definition) is 0. The summed E-state index contributed by atoms with van der Waals surface area (Å²) in [5.74, 6) is 1.20. The van der Waals surface area contributed by atoms with E-state index < -0.39 is 5.60 Å². The van der Waals surface area contributed by atoms with E-state index in [4.69, 9.17) is 14.0 Å². The summed E-state index contributed by atoms with van der Waals surface area (Å²) >= 11 is 0. The van der Waals surface area contributed by atoms with Crippen LogP contribution in [-0.4, -0.2) is 25.9 Å². The van der Waals surface area contributed by atoms with Crippen LogP contribution in [0.1, 0.15) is 70.6 Å². The molecule has 1 aliphatic rings. The molecule has 0 unspecified atom stereocenters. The second-order valence-electron chi connectivity index (χ2n) is 11.7. The summed E-state index contributed by atoms with van der Waals surface area (Å²) in [7, 11) is -0.162. The molecule has 39 heavy (non-hydrogen) atoms. The monoisotopic (exact) mass is 524 g/mol. The minimum absolute atomic E-state index is 0.162. The molecule has 1 fully saturated rings. The van der Waals surface area contributed by atoms with Gasteiger partial charge in [0.15, 0.2) is 0 Å². The highest BCUT2D eigenvalue weighted by molar-refractivity contribution is 6.45. The smallest absolute Gasteiger partial charge is 0.405 e. The van der Waals surface area contributed by atoms with E-state index in [1.54, 1.807) is 0 Å². The molecular weight excluding hydrogens is 479 g/mol. The summed E-state index contributed by atoms with van der Waals surface area (Å²) < 4.78 is 19.7. The molecule has 1 heterocycles. The molecule has 1 aliphatic heterocycles. The summed E-state index contributed by atoms with van der Waals surface area (Å²) in [6.07, 6.45) is 6.36. The molecule has 0 saturated carbocycles. The lowest BCUT2D eigenvalue weighted by molar-refractivity contribution is 0.0148. The molecule has 0 spiro atoms. The van der Waals surface area contributed by atoms with Crippen LogP contribution >= 0.6 is 0 Å². The van der Waals surface area contributed by atoms with Gasteiger partial charge in [0.25, 0.3) is 0 Å². The zero-order valence-electron chi connectivity index (χ0n) is 24.4. The fourth-order valence-corrected chi connectivity index (χ4v) is 5.59. The predicted molar refractivity (Wildman–Crippen MR) is 163 cm³/mol. The molecule has 2 atom stereocenters. The lowest BCUT2D eigenvalue weighted by Gasteiger charge is -2.36. The van der Waals surface area contributed by atoms with Crippen LogP contribution in [0.25, 0.3) is 0 Å². The van der Waals surface area contributed by atoms with Crippen LogP contribution in [0.15, 0.2) is 103 Å². The molecular formula is C35H45BO3. The second kappa shape index (κ2) is 14.1. The molecule has 3 nitrogen and oxygen atoms in total. The largest absolute Gasteiger partial charge is 0.461 e. The van der Waals surface area contributed by atoms with Gasteiger partial charge in [0.1, 0.15) is 5.60 Å². The van der Waals surface area contributed by atoms with Crippen molar-refractivity contribution in [1.82, 2.24) is 0 Å². The summed E-state index contributed by atoms with van der Waals surface area (Å²) in [5, 5.41) is 0. The van der Waals surface area contributed by atoms with E-state index in [9.17, 15) is 0 Å². The van der Waals surface area contributed by atoms with E-state index in [0.29, 0.717) is 18.4 Å². The van der Waals surface area contributed by atoms with Crippen molar-refractivity contribution >= 4 is 7.12 Å². The Hall–Kier alpha value is -2.66. The van der Waals surface area contributed by atoms with E-state index >= 15 is 0 Å². The highest BCUT2D eigenvalue weighted by atomic mass is 16.7. The molecule has 3 aromatic rings. The number of rotatable bonds is 13. The van der Waals surface area contributed by atoms with Gasteiger partial charge in [0.05, 0.1) is 18.8 Å². The Morgan fingerprint density at radius 2 is 1.15 bits per heavy atom. The van der Waals surface area contributed by atoms with E-state index in [-0.39, 0.29) is 19.3 Å². The SMILES string of the molecule is C/C(=C\CB1O[C@@H](CC(C)C)[C@H](CC(C)C)O1)CCOC(c1ccccc1)(c1ccccc1)c1ccccc1. The molecule has 0 N–H and O–H groups in total. The van der Waals surface area contributed by atoms with Crippen molar-refractivity contribution < 1.29 is 14.0 Å². The van der Waals surface area contributed by atoms with Gasteiger partial charge in [0.2, 0.25) is 0 Å². The van der Waals surface area contributed by atoms with Crippen molar-refractivity contribution in [3.63, 3.8) is 0 Å². The topological polar surface area (TPSA) is 27.7 Å². The van der Waals surface area contributed by atoms with Gasteiger partial charge < -0.3 is 14.0 Å². The first kappa shape index (κ1) is 29.3.